The molecule has 0 aromatic heterocycles. The minimum absolute atomic E-state index is 0.0169. The predicted molar refractivity (Wildman–Crippen MR) is 166 cm³/mol. The number of rotatable bonds is 9. The summed E-state index contributed by atoms with van der Waals surface area (Å²) in [6, 6.07) is 19.8. The summed E-state index contributed by atoms with van der Waals surface area (Å²) in [4.78, 5) is 21.5. The Morgan fingerprint density at radius 1 is 0.762 bits per heavy atom. The van der Waals surface area contributed by atoms with Gasteiger partial charge in [0.1, 0.15) is 12.4 Å². The minimum Gasteiger partial charge on any atom is -0.297 e. The molecule has 2 fully saturated rings. The number of benzene rings is 3. The second-order valence-corrected chi connectivity index (χ2v) is 23.1. The van der Waals surface area contributed by atoms with Crippen LogP contribution in [0.5, 0.6) is 0 Å². The van der Waals surface area contributed by atoms with Gasteiger partial charge in [0.25, 0.3) is 10.1 Å². The zero-order valence-corrected chi connectivity index (χ0v) is 27.4. The monoisotopic (exact) mass is 730 g/mol. The van der Waals surface area contributed by atoms with Gasteiger partial charge in [0, 0.05) is 11.8 Å². The zero-order valence-electron chi connectivity index (χ0n) is 23.6. The van der Waals surface area contributed by atoms with Crippen LogP contribution in [-0.2, 0) is 34.0 Å². The normalized spacial score (nSPS) is 16.9. The van der Waals surface area contributed by atoms with Gasteiger partial charge in [-0.1, -0.05) is 17.7 Å². The van der Waals surface area contributed by atoms with Crippen LogP contribution in [0.25, 0.3) is 0 Å². The van der Waals surface area contributed by atoms with Gasteiger partial charge >= 0.3 is 115 Å². The molecule has 2 aliphatic carbocycles. The van der Waals surface area contributed by atoms with Crippen molar-refractivity contribution < 1.29 is 37.1 Å². The molecule has 2 aliphatic rings. The van der Waals surface area contributed by atoms with Crippen molar-refractivity contribution in [2.75, 3.05) is 6.61 Å². The molecule has 228 valence electrons. The first-order valence-electron chi connectivity index (χ1n) is 13.2. The molecule has 0 radical (unpaired) electrons. The molecule has 12 heteroatoms. The number of hydrogen-bond acceptors (Lipinski definition) is 8. The van der Waals surface area contributed by atoms with Crippen molar-refractivity contribution in [2.45, 2.75) is 56.2 Å². The van der Waals surface area contributed by atoms with Crippen LogP contribution in [0.4, 0.5) is 0 Å². The second kappa shape index (κ2) is 14.2. The van der Waals surface area contributed by atoms with E-state index in [1.165, 1.54) is 36.4 Å². The van der Waals surface area contributed by atoms with E-state index < -0.39 is 34.6 Å². The van der Waals surface area contributed by atoms with Crippen LogP contribution in [0.1, 0.15) is 43.7 Å². The van der Waals surface area contributed by atoms with E-state index in [0.29, 0.717) is 11.7 Å². The van der Waals surface area contributed by atoms with Crippen LogP contribution >= 0.6 is 17.5 Å². The first-order valence-corrected chi connectivity index (χ1v) is 21.6. The average molecular weight is 731 g/mol. The van der Waals surface area contributed by atoms with Crippen LogP contribution in [0.2, 0.25) is 0 Å². The third-order valence-electron chi connectivity index (χ3n) is 6.44. The van der Waals surface area contributed by atoms with Crippen molar-refractivity contribution in [3.63, 3.8) is 0 Å². The molecular weight excluding hydrogens is 695 g/mol. The molecule has 9 nitrogen and oxygen atoms in total. The van der Waals surface area contributed by atoms with Gasteiger partial charge in [0.2, 0.25) is 0 Å². The Kier molecular flexibility index (Phi) is 11.5. The molecule has 0 amide bonds. The third kappa shape index (κ3) is 9.43. The molecule has 2 saturated carbocycles. The molecule has 5 rings (SSSR count). The van der Waals surface area contributed by atoms with E-state index in [9.17, 15) is 32.9 Å². The van der Waals surface area contributed by atoms with Gasteiger partial charge < -0.3 is 0 Å². The van der Waals surface area contributed by atoms with Crippen LogP contribution < -0.4 is 0 Å². The smallest absolute Gasteiger partial charge is 0.297 e. The Morgan fingerprint density at radius 2 is 1.21 bits per heavy atom. The van der Waals surface area contributed by atoms with E-state index in [1.54, 1.807) is 49.4 Å². The van der Waals surface area contributed by atoms with Gasteiger partial charge in [-0.25, -0.2) is 0 Å². The SMILES string of the molecule is CC(=O)C1CC1.Cc1ccc(S(=O)(=O)I(=O)(O)c2ccccc2)cc1.Cc1ccc(S(=O)(=O)OCC(=O)C2CC2)cc1. The maximum Gasteiger partial charge on any atom is 0.297 e. The Balaban J connectivity index is 0.000000193. The maximum atomic E-state index is 12.4. The van der Waals surface area contributed by atoms with E-state index in [1.807, 2.05) is 13.8 Å². The Hall–Kier alpha value is -2.65. The second-order valence-electron chi connectivity index (χ2n) is 10.1. The van der Waals surface area contributed by atoms with Crippen molar-refractivity contribution in [3.8, 4) is 0 Å². The fraction of sp³-hybridized carbons (Fsp3) is 0.333. The van der Waals surface area contributed by atoms with Gasteiger partial charge in [0.05, 0.1) is 4.90 Å². The first kappa shape index (κ1) is 33.8. The minimum atomic E-state index is -5.33. The predicted octanol–water partition coefficient (Wildman–Crippen LogP) is 5.51. The summed E-state index contributed by atoms with van der Waals surface area (Å²) >= 11 is -5.33. The molecule has 0 heterocycles. The Labute approximate surface area is 250 Å². The molecule has 1 N–H and O–H groups in total. The maximum absolute atomic E-state index is 12.4. The van der Waals surface area contributed by atoms with Crippen molar-refractivity contribution in [1.82, 2.24) is 0 Å². The standard InChI is InChI=1S/C13H13IO4S.C12H14O4S.C5H8O/c1-11-7-9-13(10-8-11)19(17,18)14(15,16)12-5-3-2-4-6-12;1-9-2-6-11(7-3-9)17(14,15)16-8-12(13)10-4-5-10;1-4(6)5-2-3-5/h2-10H,1H3,(H,15,16);2-3,6-7,10H,4-5,8H2,1H3;5H,2-3H2,1H3. The van der Waals surface area contributed by atoms with Crippen LogP contribution in [-0.4, -0.2) is 38.4 Å². The molecule has 42 heavy (non-hydrogen) atoms. The van der Waals surface area contributed by atoms with E-state index in [2.05, 4.69) is 0 Å². The van der Waals surface area contributed by atoms with Crippen LogP contribution in [0.15, 0.2) is 88.7 Å². The Morgan fingerprint density at radius 3 is 1.62 bits per heavy atom. The number of halogens is 1. The fourth-order valence-corrected chi connectivity index (χ4v) is 12.2. The van der Waals surface area contributed by atoms with Gasteiger partial charge in [-0.2, -0.15) is 8.42 Å². The number of carbonyl (C=O) groups is 2. The van der Waals surface area contributed by atoms with Crippen molar-refractivity contribution in [3.05, 3.63) is 93.6 Å². The van der Waals surface area contributed by atoms with E-state index in [0.717, 1.165) is 36.8 Å². The molecule has 0 saturated heterocycles. The molecular formula is C30H35IO9S2. The largest absolute Gasteiger partial charge is 0.297 e. The summed E-state index contributed by atoms with van der Waals surface area (Å²) < 4.78 is 75.2. The summed E-state index contributed by atoms with van der Waals surface area (Å²) in [5.41, 5.74) is 1.86. The van der Waals surface area contributed by atoms with Gasteiger partial charge in [-0.05, 0) is 51.7 Å². The third-order valence-corrected chi connectivity index (χ3v) is 18.8. The quantitative estimate of drug-likeness (QED) is 0.171. The number of ketones is 2. The zero-order chi connectivity index (χ0) is 31.1. The first-order chi connectivity index (χ1) is 19.6. The number of hydrogen-bond donors (Lipinski definition) is 1. The molecule has 3 aromatic rings. The van der Waals surface area contributed by atoms with Gasteiger partial charge in [-0.3, -0.25) is 13.8 Å². The molecule has 0 bridgehead atoms. The summed E-state index contributed by atoms with van der Waals surface area (Å²) in [6.45, 7) is 5.00. The summed E-state index contributed by atoms with van der Waals surface area (Å²) in [5.74, 6) is 0.726. The molecule has 1 unspecified atom stereocenters. The molecule has 0 spiro atoms. The van der Waals surface area contributed by atoms with Crippen molar-refractivity contribution in [2.24, 2.45) is 11.8 Å². The van der Waals surface area contributed by atoms with Crippen LogP contribution in [0.3, 0.4) is 0 Å². The van der Waals surface area contributed by atoms with Gasteiger partial charge in [0.15, 0.2) is 5.78 Å². The summed E-state index contributed by atoms with van der Waals surface area (Å²) in [5, 5.41) is 0. The van der Waals surface area contributed by atoms with E-state index in [-0.39, 0.29) is 31.7 Å². The number of carbonyl (C=O) groups excluding carboxylic acids is 2. The molecule has 0 aliphatic heterocycles. The number of aryl methyl sites for hydroxylation is 2. The molecule has 1 atom stereocenters. The molecule has 3 aromatic carbocycles. The van der Waals surface area contributed by atoms with E-state index >= 15 is 0 Å². The number of Topliss-reactive ketones (excluding diaryl/α,β-unsaturated/α-hetero) is 2. The fourth-order valence-electron chi connectivity index (χ4n) is 3.43. The Bertz CT molecular complexity index is 1640. The van der Waals surface area contributed by atoms with Crippen molar-refractivity contribution >= 4 is 46.1 Å². The summed E-state index contributed by atoms with van der Waals surface area (Å²) in [7, 11) is -8.03. The van der Waals surface area contributed by atoms with Crippen LogP contribution in [0, 0.1) is 29.3 Å². The van der Waals surface area contributed by atoms with Gasteiger partial charge in [-0.15, -0.1) is 0 Å². The topological polar surface area (TPSA) is 149 Å². The van der Waals surface area contributed by atoms with Crippen molar-refractivity contribution in [1.29, 1.82) is 0 Å². The average Bonchev–Trinajstić information content (AvgIpc) is 3.86. The van der Waals surface area contributed by atoms with E-state index in [4.69, 9.17) is 4.18 Å². The summed E-state index contributed by atoms with van der Waals surface area (Å²) in [6.07, 6.45) is 4.00.